The van der Waals surface area contributed by atoms with Crippen molar-refractivity contribution in [1.82, 2.24) is 25.6 Å². The summed E-state index contributed by atoms with van der Waals surface area (Å²) >= 11 is 0. The quantitative estimate of drug-likeness (QED) is 0.214. The minimum Gasteiger partial charge on any atom is -0.344 e. The molecule has 1 heterocycles. The van der Waals surface area contributed by atoms with Gasteiger partial charge in [-0.2, -0.15) is 0 Å². The van der Waals surface area contributed by atoms with Crippen LogP contribution in [0.2, 0.25) is 0 Å². The molecule has 4 rings (SSSR count). The molecule has 0 aromatic heterocycles. The maximum atomic E-state index is 14.5. The molecule has 1 aliphatic heterocycles. The molecule has 4 N–H and O–H groups in total. The van der Waals surface area contributed by atoms with Gasteiger partial charge in [-0.05, 0) is 67.8 Å². The van der Waals surface area contributed by atoms with E-state index in [0.29, 0.717) is 25.8 Å². The highest BCUT2D eigenvalue weighted by atomic mass is 32.2. The van der Waals surface area contributed by atoms with Gasteiger partial charge in [0, 0.05) is 6.54 Å². The van der Waals surface area contributed by atoms with Crippen molar-refractivity contribution < 1.29 is 32.4 Å². The van der Waals surface area contributed by atoms with Crippen LogP contribution in [0, 0.1) is 23.2 Å². The van der Waals surface area contributed by atoms with Crippen molar-refractivity contribution in [2.75, 3.05) is 12.8 Å². The Labute approximate surface area is 297 Å². The monoisotopic (exact) mass is 715 g/mol. The van der Waals surface area contributed by atoms with Crippen LogP contribution in [0.4, 0.5) is 0 Å². The Kier molecular flexibility index (Phi) is 13.3. The van der Waals surface area contributed by atoms with Crippen molar-refractivity contribution in [1.29, 1.82) is 0 Å². The van der Waals surface area contributed by atoms with E-state index in [1.807, 2.05) is 58.0 Å². The lowest BCUT2D eigenvalue weighted by Gasteiger charge is -2.38. The van der Waals surface area contributed by atoms with Crippen LogP contribution >= 0.6 is 0 Å². The number of hydrogen-bond acceptors (Lipinski definition) is 7. The lowest BCUT2D eigenvalue weighted by atomic mass is 9.82. The number of carbonyl (C=O) groups excluding carboxylic acids is 5. The molecule has 0 radical (unpaired) electrons. The summed E-state index contributed by atoms with van der Waals surface area (Å²) in [6.45, 7) is 9.46. The highest BCUT2D eigenvalue weighted by Crippen LogP contribution is 2.43. The molecular weight excluding hydrogens is 659 g/mol. The lowest BCUT2D eigenvalue weighted by Crippen LogP contribution is -2.62. The van der Waals surface area contributed by atoms with Gasteiger partial charge in [0.05, 0.1) is 18.3 Å². The van der Waals surface area contributed by atoms with E-state index >= 15 is 0 Å². The first kappa shape index (κ1) is 39.5. The molecule has 7 atom stereocenters. The summed E-state index contributed by atoms with van der Waals surface area (Å²) in [6.07, 6.45) is 8.54. The normalized spacial score (nSPS) is 23.6. The third-order valence-corrected chi connectivity index (χ3v) is 11.3. The van der Waals surface area contributed by atoms with Gasteiger partial charge in [-0.25, -0.2) is 13.1 Å². The second-order valence-corrected chi connectivity index (χ2v) is 17.5. The minimum atomic E-state index is -3.72. The molecule has 1 aromatic carbocycles. The van der Waals surface area contributed by atoms with Crippen LogP contribution in [0.1, 0.15) is 110 Å². The standard InChI is InChI=1S/C37H57N5O7S/c1-7-15-28(31(43)35(46)38-23(2)24-16-10-8-11-17-24)39-34(45)30-27-21-14-20-26(27)22-42(30)36(47)32(37(3,4)5)40-33(44)29(41-50(6,48)49)25-18-12-9-13-19-25/h8,10-11,16-17,23,25-30,32,41H,7,9,12-15,18-22H2,1-6H3,(H,38,46)(H,39,45)(H,40,44)/t23-,26?,27?,28+,29+,30-,32+/m0/s1. The topological polar surface area (TPSA) is 171 Å². The highest BCUT2D eigenvalue weighted by molar-refractivity contribution is 7.88. The Morgan fingerprint density at radius 2 is 1.56 bits per heavy atom. The van der Waals surface area contributed by atoms with E-state index in [1.165, 1.54) is 0 Å². The van der Waals surface area contributed by atoms with E-state index in [0.717, 1.165) is 50.3 Å². The summed E-state index contributed by atoms with van der Waals surface area (Å²) < 4.78 is 27.2. The van der Waals surface area contributed by atoms with Crippen LogP contribution in [0.25, 0.3) is 0 Å². The molecule has 3 aliphatic rings. The Hall–Kier alpha value is -3.32. The van der Waals surface area contributed by atoms with Gasteiger partial charge in [-0.1, -0.05) is 90.1 Å². The number of rotatable bonds is 14. The number of nitrogens with one attached hydrogen (secondary N) is 4. The molecule has 13 heteroatoms. The van der Waals surface area contributed by atoms with Gasteiger partial charge in [-0.3, -0.25) is 24.0 Å². The molecule has 2 aliphatic carbocycles. The number of Topliss-reactive ketones (excluding diaryl/α,β-unsaturated/α-hetero) is 1. The van der Waals surface area contributed by atoms with E-state index in [2.05, 4.69) is 20.7 Å². The summed E-state index contributed by atoms with van der Waals surface area (Å²) in [4.78, 5) is 70.7. The summed E-state index contributed by atoms with van der Waals surface area (Å²) in [5.41, 5.74) is 0.0665. The van der Waals surface area contributed by atoms with Crippen molar-refractivity contribution in [2.24, 2.45) is 23.2 Å². The summed E-state index contributed by atoms with van der Waals surface area (Å²) in [7, 11) is -3.72. The number of amides is 4. The van der Waals surface area contributed by atoms with E-state index in [-0.39, 0.29) is 24.2 Å². The lowest BCUT2D eigenvalue weighted by molar-refractivity contribution is -0.146. The Balaban J connectivity index is 1.54. The van der Waals surface area contributed by atoms with Crippen LogP contribution < -0.4 is 20.7 Å². The van der Waals surface area contributed by atoms with Gasteiger partial charge < -0.3 is 20.9 Å². The van der Waals surface area contributed by atoms with Crippen molar-refractivity contribution >= 4 is 39.4 Å². The zero-order valence-electron chi connectivity index (χ0n) is 30.5. The van der Waals surface area contributed by atoms with Crippen molar-refractivity contribution in [3.8, 4) is 0 Å². The number of carbonyl (C=O) groups is 5. The number of hydrogen-bond donors (Lipinski definition) is 4. The van der Waals surface area contributed by atoms with Gasteiger partial charge in [-0.15, -0.1) is 0 Å². The number of nitrogens with zero attached hydrogens (tertiary/aromatic N) is 1. The van der Waals surface area contributed by atoms with Crippen molar-refractivity contribution in [3.63, 3.8) is 0 Å². The number of ketones is 1. The van der Waals surface area contributed by atoms with Gasteiger partial charge in [0.15, 0.2) is 0 Å². The molecule has 2 unspecified atom stereocenters. The number of fused-ring (bicyclic) bond motifs is 1. The maximum Gasteiger partial charge on any atom is 0.290 e. The molecule has 0 bridgehead atoms. The predicted octanol–water partition coefficient (Wildman–Crippen LogP) is 3.37. The summed E-state index contributed by atoms with van der Waals surface area (Å²) in [5, 5.41) is 8.51. The van der Waals surface area contributed by atoms with Crippen LogP contribution in [-0.4, -0.2) is 79.7 Å². The number of sulfonamides is 1. The first-order valence-electron chi connectivity index (χ1n) is 18.3. The fraction of sp³-hybridized carbons (Fsp3) is 0.703. The minimum absolute atomic E-state index is 0.0863. The van der Waals surface area contributed by atoms with E-state index in [4.69, 9.17) is 0 Å². The largest absolute Gasteiger partial charge is 0.344 e. The predicted molar refractivity (Wildman–Crippen MR) is 191 cm³/mol. The molecule has 1 saturated heterocycles. The highest BCUT2D eigenvalue weighted by Gasteiger charge is 2.52. The van der Waals surface area contributed by atoms with Gasteiger partial charge in [0.25, 0.3) is 5.91 Å². The van der Waals surface area contributed by atoms with E-state index in [1.54, 1.807) is 11.8 Å². The van der Waals surface area contributed by atoms with Crippen molar-refractivity contribution in [3.05, 3.63) is 35.9 Å². The van der Waals surface area contributed by atoms with Gasteiger partial charge >= 0.3 is 0 Å². The van der Waals surface area contributed by atoms with Crippen LogP contribution in [0.3, 0.4) is 0 Å². The second-order valence-electron chi connectivity index (χ2n) is 15.7. The SMILES string of the molecule is CCC[C@@H](NC(=O)[C@@H]1C2CCCC2CN1C(=O)[C@@H](NC(=O)[C@H](NS(C)(=O)=O)C1CCCCC1)C(C)(C)C)C(=O)C(=O)N[C@@H](C)c1ccccc1. The van der Waals surface area contributed by atoms with Crippen molar-refractivity contribution in [2.45, 2.75) is 129 Å². The van der Waals surface area contributed by atoms with E-state index < -0.39 is 75.1 Å². The zero-order chi connectivity index (χ0) is 36.8. The third kappa shape index (κ3) is 9.92. The summed E-state index contributed by atoms with van der Waals surface area (Å²) in [6, 6.07) is 4.86. The number of likely N-dealkylation sites (tertiary alicyclic amines) is 1. The Bertz CT molecular complexity index is 1490. The molecule has 4 amide bonds. The van der Waals surface area contributed by atoms with Crippen LogP contribution in [0.5, 0.6) is 0 Å². The molecule has 12 nitrogen and oxygen atoms in total. The zero-order valence-corrected chi connectivity index (χ0v) is 31.3. The molecular formula is C37H57N5O7S. The molecule has 278 valence electrons. The molecule has 2 saturated carbocycles. The van der Waals surface area contributed by atoms with Gasteiger partial charge in [0.2, 0.25) is 33.5 Å². The molecule has 1 aromatic rings. The second kappa shape index (κ2) is 16.8. The smallest absolute Gasteiger partial charge is 0.290 e. The average molecular weight is 716 g/mol. The van der Waals surface area contributed by atoms with Crippen LogP contribution in [-0.2, 0) is 34.0 Å². The fourth-order valence-electron chi connectivity index (χ4n) is 8.04. The first-order valence-corrected chi connectivity index (χ1v) is 20.2. The van der Waals surface area contributed by atoms with Gasteiger partial charge in [0.1, 0.15) is 18.1 Å². The molecule has 3 fully saturated rings. The summed E-state index contributed by atoms with van der Waals surface area (Å²) in [5.74, 6) is -3.22. The third-order valence-electron chi connectivity index (χ3n) is 10.7. The maximum absolute atomic E-state index is 14.5. The first-order chi connectivity index (χ1) is 23.5. The molecule has 50 heavy (non-hydrogen) atoms. The Morgan fingerprint density at radius 3 is 2.16 bits per heavy atom. The average Bonchev–Trinajstić information content (AvgIpc) is 3.67. The van der Waals surface area contributed by atoms with E-state index in [9.17, 15) is 32.4 Å². The molecule has 0 spiro atoms. The Morgan fingerprint density at radius 1 is 0.900 bits per heavy atom. The van der Waals surface area contributed by atoms with Crippen LogP contribution in [0.15, 0.2) is 30.3 Å². The fourth-order valence-corrected chi connectivity index (χ4v) is 8.80. The number of benzene rings is 1.